The molecule has 0 amide bonds. The lowest BCUT2D eigenvalue weighted by molar-refractivity contribution is 0.165. The van der Waals surface area contributed by atoms with E-state index in [9.17, 15) is 13.5 Å². The molecular formula is C11H24N2O3S. The summed E-state index contributed by atoms with van der Waals surface area (Å²) in [4.78, 5) is 2.32. The molecule has 0 spiro atoms. The summed E-state index contributed by atoms with van der Waals surface area (Å²) in [5.74, 6) is -0.0276. The first-order valence-corrected chi connectivity index (χ1v) is 8.15. The number of aliphatic hydroxyl groups is 1. The quantitative estimate of drug-likeness (QED) is 0.605. The Morgan fingerprint density at radius 1 is 1.29 bits per heavy atom. The van der Waals surface area contributed by atoms with Gasteiger partial charge in [-0.1, -0.05) is 13.8 Å². The van der Waals surface area contributed by atoms with Gasteiger partial charge in [0.2, 0.25) is 0 Å². The van der Waals surface area contributed by atoms with Gasteiger partial charge in [-0.25, -0.2) is 8.42 Å². The Labute approximate surface area is 104 Å². The highest BCUT2D eigenvalue weighted by atomic mass is 32.2. The number of sulfone groups is 1. The summed E-state index contributed by atoms with van der Waals surface area (Å²) in [6.45, 7) is 8.10. The molecule has 2 N–H and O–H groups in total. The lowest BCUT2D eigenvalue weighted by Gasteiger charge is -2.19. The fourth-order valence-electron chi connectivity index (χ4n) is 2.15. The van der Waals surface area contributed by atoms with Gasteiger partial charge in [0.25, 0.3) is 0 Å². The van der Waals surface area contributed by atoms with Crippen molar-refractivity contribution in [3.8, 4) is 0 Å². The Morgan fingerprint density at radius 3 is 2.41 bits per heavy atom. The van der Waals surface area contributed by atoms with Gasteiger partial charge in [0.1, 0.15) is 0 Å². The molecule has 1 saturated heterocycles. The van der Waals surface area contributed by atoms with Crippen molar-refractivity contribution in [1.29, 1.82) is 0 Å². The maximum Gasteiger partial charge on any atom is 0.154 e. The van der Waals surface area contributed by atoms with Crippen molar-refractivity contribution >= 4 is 9.84 Å². The Morgan fingerprint density at radius 2 is 1.94 bits per heavy atom. The zero-order valence-corrected chi connectivity index (χ0v) is 11.5. The van der Waals surface area contributed by atoms with E-state index in [-0.39, 0.29) is 17.5 Å². The van der Waals surface area contributed by atoms with E-state index in [0.717, 1.165) is 32.6 Å². The summed E-state index contributed by atoms with van der Waals surface area (Å²) in [6, 6.07) is -0.281. The summed E-state index contributed by atoms with van der Waals surface area (Å²) in [5, 5.41) is 12.7. The molecule has 0 bridgehead atoms. The topological polar surface area (TPSA) is 69.6 Å². The smallest absolute Gasteiger partial charge is 0.154 e. The van der Waals surface area contributed by atoms with Crippen molar-refractivity contribution in [2.45, 2.75) is 32.4 Å². The molecular weight excluding hydrogens is 240 g/mol. The molecule has 1 fully saturated rings. The van der Waals surface area contributed by atoms with Crippen LogP contribution >= 0.6 is 0 Å². The molecule has 1 rings (SSSR count). The second-order valence-electron chi connectivity index (χ2n) is 4.59. The van der Waals surface area contributed by atoms with Crippen LogP contribution in [0.3, 0.4) is 0 Å². The minimum Gasteiger partial charge on any atom is -0.390 e. The fraction of sp³-hybridized carbons (Fsp3) is 1.00. The number of hydrogen-bond donors (Lipinski definition) is 2. The van der Waals surface area contributed by atoms with E-state index in [1.165, 1.54) is 0 Å². The van der Waals surface area contributed by atoms with Gasteiger partial charge in [-0.3, -0.25) is 0 Å². The number of hydrogen-bond acceptors (Lipinski definition) is 5. The van der Waals surface area contributed by atoms with Crippen LogP contribution in [0.15, 0.2) is 0 Å². The van der Waals surface area contributed by atoms with E-state index in [2.05, 4.69) is 24.1 Å². The van der Waals surface area contributed by atoms with E-state index in [0.29, 0.717) is 0 Å². The van der Waals surface area contributed by atoms with Crippen LogP contribution in [0.4, 0.5) is 0 Å². The van der Waals surface area contributed by atoms with Gasteiger partial charge in [0.15, 0.2) is 9.84 Å². The molecule has 1 aliphatic heterocycles. The zero-order chi connectivity index (χ0) is 12.9. The van der Waals surface area contributed by atoms with Crippen LogP contribution < -0.4 is 5.32 Å². The molecule has 0 unspecified atom stereocenters. The van der Waals surface area contributed by atoms with E-state index < -0.39 is 15.9 Å². The Kier molecular flexibility index (Phi) is 5.85. The summed E-state index contributed by atoms with van der Waals surface area (Å²) in [6.07, 6.45) is 0.235. The van der Waals surface area contributed by atoms with Crippen molar-refractivity contribution < 1.29 is 13.5 Å². The molecule has 1 heterocycles. The standard InChI is InChI=1S/C11H24N2O3S/c1-3-13(4-2)7-5-6-12-10-8-17(15,16)9-11(10)14/h10-12,14H,3-9H2,1-2H3/t10-,11-/m0/s1. The molecule has 17 heavy (non-hydrogen) atoms. The van der Waals surface area contributed by atoms with Gasteiger partial charge in [-0.05, 0) is 32.6 Å². The zero-order valence-electron chi connectivity index (χ0n) is 10.7. The molecule has 0 aromatic carbocycles. The average Bonchev–Trinajstić information content (AvgIpc) is 2.52. The van der Waals surface area contributed by atoms with Crippen molar-refractivity contribution in [1.82, 2.24) is 10.2 Å². The SMILES string of the molecule is CCN(CC)CCCN[C@H]1CS(=O)(=O)C[C@@H]1O. The first kappa shape index (κ1) is 14.9. The lowest BCUT2D eigenvalue weighted by Crippen LogP contribution is -2.40. The predicted molar refractivity (Wildman–Crippen MR) is 68.9 cm³/mol. The third-order valence-corrected chi connectivity index (χ3v) is 4.99. The number of aliphatic hydroxyl groups excluding tert-OH is 1. The molecule has 0 aromatic rings. The third kappa shape index (κ3) is 4.91. The van der Waals surface area contributed by atoms with Crippen LogP contribution in [-0.2, 0) is 9.84 Å². The van der Waals surface area contributed by atoms with Gasteiger partial charge >= 0.3 is 0 Å². The van der Waals surface area contributed by atoms with Crippen LogP contribution in [-0.4, -0.2) is 68.3 Å². The molecule has 2 atom stereocenters. The largest absolute Gasteiger partial charge is 0.390 e. The number of nitrogens with zero attached hydrogens (tertiary/aromatic N) is 1. The molecule has 0 aliphatic carbocycles. The summed E-state index contributed by atoms with van der Waals surface area (Å²) in [7, 11) is -3.03. The second kappa shape index (κ2) is 6.68. The molecule has 0 radical (unpaired) electrons. The van der Waals surface area contributed by atoms with Gasteiger partial charge in [0, 0.05) is 6.04 Å². The molecule has 0 saturated carbocycles. The molecule has 102 valence electrons. The van der Waals surface area contributed by atoms with Crippen LogP contribution in [0.5, 0.6) is 0 Å². The van der Waals surface area contributed by atoms with E-state index in [1.54, 1.807) is 0 Å². The van der Waals surface area contributed by atoms with Crippen molar-refractivity contribution in [2.24, 2.45) is 0 Å². The molecule has 6 heteroatoms. The Balaban J connectivity index is 2.19. The highest BCUT2D eigenvalue weighted by molar-refractivity contribution is 7.91. The van der Waals surface area contributed by atoms with Crippen molar-refractivity contribution in [3.63, 3.8) is 0 Å². The van der Waals surface area contributed by atoms with Gasteiger partial charge < -0.3 is 15.3 Å². The maximum absolute atomic E-state index is 11.3. The van der Waals surface area contributed by atoms with E-state index in [1.807, 2.05) is 0 Å². The molecule has 0 aromatic heterocycles. The minimum absolute atomic E-state index is 0.0689. The van der Waals surface area contributed by atoms with Crippen molar-refractivity contribution in [3.05, 3.63) is 0 Å². The normalized spacial score (nSPS) is 27.8. The Hall–Kier alpha value is -0.170. The van der Waals surface area contributed by atoms with Gasteiger partial charge in [0.05, 0.1) is 17.6 Å². The highest BCUT2D eigenvalue weighted by Gasteiger charge is 2.35. The summed E-state index contributed by atoms with van der Waals surface area (Å²) >= 11 is 0. The van der Waals surface area contributed by atoms with Gasteiger partial charge in [-0.2, -0.15) is 0 Å². The summed E-state index contributed by atoms with van der Waals surface area (Å²) < 4.78 is 22.6. The van der Waals surface area contributed by atoms with Crippen LogP contribution in [0.2, 0.25) is 0 Å². The number of rotatable bonds is 7. The minimum atomic E-state index is -3.03. The number of nitrogens with one attached hydrogen (secondary N) is 1. The first-order valence-electron chi connectivity index (χ1n) is 6.32. The highest BCUT2D eigenvalue weighted by Crippen LogP contribution is 2.12. The molecule has 1 aliphatic rings. The van der Waals surface area contributed by atoms with E-state index >= 15 is 0 Å². The first-order chi connectivity index (χ1) is 7.98. The van der Waals surface area contributed by atoms with Crippen LogP contribution in [0.25, 0.3) is 0 Å². The van der Waals surface area contributed by atoms with Crippen LogP contribution in [0.1, 0.15) is 20.3 Å². The Bertz CT molecular complexity index is 315. The maximum atomic E-state index is 11.3. The predicted octanol–water partition coefficient (Wildman–Crippen LogP) is -0.534. The molecule has 5 nitrogen and oxygen atoms in total. The monoisotopic (exact) mass is 264 g/mol. The lowest BCUT2D eigenvalue weighted by atomic mass is 10.2. The van der Waals surface area contributed by atoms with Crippen molar-refractivity contribution in [2.75, 3.05) is 37.7 Å². The fourth-order valence-corrected chi connectivity index (χ4v) is 3.93. The van der Waals surface area contributed by atoms with Gasteiger partial charge in [-0.15, -0.1) is 0 Å². The van der Waals surface area contributed by atoms with E-state index in [4.69, 9.17) is 0 Å². The summed E-state index contributed by atoms with van der Waals surface area (Å²) in [5.41, 5.74) is 0. The van der Waals surface area contributed by atoms with Crippen LogP contribution in [0, 0.1) is 0 Å². The third-order valence-electron chi connectivity index (χ3n) is 3.27. The second-order valence-corrected chi connectivity index (χ2v) is 6.74. The average molecular weight is 264 g/mol.